The molecule has 0 spiro atoms. The van der Waals surface area contributed by atoms with Crippen LogP contribution in [0.25, 0.3) is 10.9 Å². The minimum atomic E-state index is -0.439. The maximum absolute atomic E-state index is 11.4. The Kier molecular flexibility index (Phi) is 8.02. The molecule has 0 aliphatic rings. The number of primary amides is 1. The summed E-state index contributed by atoms with van der Waals surface area (Å²) in [7, 11) is 0. The van der Waals surface area contributed by atoms with E-state index in [9.17, 15) is 4.79 Å². The van der Waals surface area contributed by atoms with Crippen molar-refractivity contribution >= 4 is 16.8 Å². The van der Waals surface area contributed by atoms with Gasteiger partial charge in [-0.3, -0.25) is 4.79 Å². The Labute approximate surface area is 192 Å². The van der Waals surface area contributed by atoms with E-state index in [2.05, 4.69) is 0 Å². The molecular weight excluding hydrogens is 428 g/mol. The number of amides is 1. The van der Waals surface area contributed by atoms with Crippen molar-refractivity contribution in [3.63, 3.8) is 0 Å². The van der Waals surface area contributed by atoms with Crippen molar-refractivity contribution in [1.29, 1.82) is 0 Å². The van der Waals surface area contributed by atoms with Gasteiger partial charge < -0.3 is 32.4 Å². The first-order valence-electron chi connectivity index (χ1n) is 9.94. The van der Waals surface area contributed by atoms with E-state index in [1.165, 1.54) is 0 Å². The summed E-state index contributed by atoms with van der Waals surface area (Å²) in [6, 6.07) is 26.3. The van der Waals surface area contributed by atoms with E-state index in [0.29, 0.717) is 25.5 Å². The molecule has 0 aliphatic carbocycles. The SMILES string of the molecule is NC(=O)c1ccc2c(ccc[n+]2COCCOc2ccc(Oc3ccccc3)cc2)c1.[Cl-]. The van der Waals surface area contributed by atoms with Gasteiger partial charge in [0.25, 0.3) is 6.73 Å². The van der Waals surface area contributed by atoms with Crippen molar-refractivity contribution in [2.75, 3.05) is 13.2 Å². The van der Waals surface area contributed by atoms with Crippen LogP contribution in [0.15, 0.2) is 91.1 Å². The van der Waals surface area contributed by atoms with Gasteiger partial charge in [-0.15, -0.1) is 0 Å². The molecule has 1 heterocycles. The van der Waals surface area contributed by atoms with Gasteiger partial charge >= 0.3 is 0 Å². The lowest BCUT2D eigenvalue weighted by Crippen LogP contribution is -3.00. The average Bonchev–Trinajstić information content (AvgIpc) is 2.80. The third-order valence-corrected chi connectivity index (χ3v) is 4.69. The van der Waals surface area contributed by atoms with E-state index < -0.39 is 5.91 Å². The molecule has 0 saturated carbocycles. The molecule has 0 unspecified atom stereocenters. The zero-order valence-corrected chi connectivity index (χ0v) is 18.1. The molecule has 32 heavy (non-hydrogen) atoms. The Morgan fingerprint density at radius 1 is 0.812 bits per heavy atom. The van der Waals surface area contributed by atoms with Crippen molar-refractivity contribution in [2.45, 2.75) is 6.73 Å². The number of carbonyl (C=O) groups excluding carboxylic acids is 1. The molecule has 164 valence electrons. The normalized spacial score (nSPS) is 10.4. The summed E-state index contributed by atoms with van der Waals surface area (Å²) in [5, 5.41) is 0.927. The Hall–Kier alpha value is -3.61. The first-order valence-corrected chi connectivity index (χ1v) is 9.94. The van der Waals surface area contributed by atoms with E-state index >= 15 is 0 Å². The van der Waals surface area contributed by atoms with Gasteiger partial charge in [0, 0.05) is 23.1 Å². The number of nitrogens with zero attached hydrogens (tertiary/aromatic N) is 1. The van der Waals surface area contributed by atoms with Crippen molar-refractivity contribution in [3.05, 3.63) is 96.7 Å². The highest BCUT2D eigenvalue weighted by atomic mass is 35.5. The van der Waals surface area contributed by atoms with Crippen LogP contribution in [-0.4, -0.2) is 19.1 Å². The van der Waals surface area contributed by atoms with E-state index in [0.717, 1.165) is 28.2 Å². The quantitative estimate of drug-likeness (QED) is 0.306. The minimum absolute atomic E-state index is 0. The molecule has 0 atom stereocenters. The lowest BCUT2D eigenvalue weighted by molar-refractivity contribution is -0.709. The van der Waals surface area contributed by atoms with Gasteiger partial charge in [-0.2, -0.15) is 4.57 Å². The van der Waals surface area contributed by atoms with Crippen LogP contribution in [0.3, 0.4) is 0 Å². The number of carbonyl (C=O) groups is 1. The molecule has 6 nitrogen and oxygen atoms in total. The fraction of sp³-hybridized carbons (Fsp3) is 0.120. The van der Waals surface area contributed by atoms with E-state index in [1.54, 1.807) is 12.1 Å². The standard InChI is InChI=1S/C25H22N2O4.ClH/c26-25(28)20-8-13-24-19(17-20)5-4-14-27(24)18-29-15-16-30-21-9-11-23(12-10-21)31-22-6-2-1-3-7-22;/h1-14,17H,15-16,18H2,(H-,26,28);1H. The van der Waals surface area contributed by atoms with Gasteiger partial charge in [-0.05, 0) is 54.6 Å². The summed E-state index contributed by atoms with van der Waals surface area (Å²) in [4.78, 5) is 11.4. The summed E-state index contributed by atoms with van der Waals surface area (Å²) in [6.45, 7) is 1.24. The Balaban J connectivity index is 0.00000289. The molecule has 1 aromatic heterocycles. The molecule has 4 aromatic rings. The van der Waals surface area contributed by atoms with Gasteiger partial charge in [0.2, 0.25) is 11.4 Å². The summed E-state index contributed by atoms with van der Waals surface area (Å²) in [6.07, 6.45) is 1.93. The first kappa shape index (κ1) is 23.1. The monoisotopic (exact) mass is 450 g/mol. The molecule has 0 radical (unpaired) electrons. The molecular formula is C25H23ClN2O4. The number of halogens is 1. The van der Waals surface area contributed by atoms with Gasteiger partial charge in [0.05, 0.1) is 6.61 Å². The maximum Gasteiger partial charge on any atom is 0.253 e. The zero-order chi connectivity index (χ0) is 21.5. The van der Waals surface area contributed by atoms with Crippen LogP contribution in [-0.2, 0) is 11.5 Å². The molecule has 0 bridgehead atoms. The number of ether oxygens (including phenoxy) is 3. The molecule has 3 aromatic carbocycles. The zero-order valence-electron chi connectivity index (χ0n) is 17.3. The van der Waals surface area contributed by atoms with Crippen molar-refractivity contribution in [2.24, 2.45) is 5.73 Å². The van der Waals surface area contributed by atoms with Crippen LogP contribution < -0.4 is 32.2 Å². The Bertz CT molecular complexity index is 1170. The molecule has 2 N–H and O–H groups in total. The number of fused-ring (bicyclic) bond motifs is 1. The minimum Gasteiger partial charge on any atom is -1.00 e. The van der Waals surface area contributed by atoms with Crippen LogP contribution >= 0.6 is 0 Å². The Morgan fingerprint density at radius 2 is 1.53 bits per heavy atom. The van der Waals surface area contributed by atoms with E-state index in [-0.39, 0.29) is 12.4 Å². The largest absolute Gasteiger partial charge is 1.00 e. The topological polar surface area (TPSA) is 74.7 Å². The van der Waals surface area contributed by atoms with Crippen molar-refractivity contribution < 1.29 is 36.0 Å². The molecule has 1 amide bonds. The van der Waals surface area contributed by atoms with Gasteiger partial charge in [-0.1, -0.05) is 18.2 Å². The molecule has 0 aliphatic heterocycles. The summed E-state index contributed by atoms with van der Waals surface area (Å²) >= 11 is 0. The number of hydrogen-bond donors (Lipinski definition) is 1. The van der Waals surface area contributed by atoms with Gasteiger partial charge in [0.1, 0.15) is 23.9 Å². The summed E-state index contributed by atoms with van der Waals surface area (Å²) in [5.41, 5.74) is 6.80. The smallest absolute Gasteiger partial charge is 0.253 e. The third kappa shape index (κ3) is 5.97. The van der Waals surface area contributed by atoms with E-state index in [4.69, 9.17) is 19.9 Å². The van der Waals surface area contributed by atoms with Crippen LogP contribution in [0.1, 0.15) is 10.4 Å². The fourth-order valence-corrected chi connectivity index (χ4v) is 3.16. The van der Waals surface area contributed by atoms with Crippen LogP contribution in [0.2, 0.25) is 0 Å². The third-order valence-electron chi connectivity index (χ3n) is 4.69. The number of benzene rings is 3. The molecule has 4 rings (SSSR count). The van der Waals surface area contributed by atoms with E-state index in [1.807, 2.05) is 83.6 Å². The number of para-hydroxylation sites is 1. The number of pyridine rings is 1. The molecule has 7 heteroatoms. The molecule has 0 saturated heterocycles. The maximum atomic E-state index is 11.4. The van der Waals surface area contributed by atoms with Crippen molar-refractivity contribution in [1.82, 2.24) is 0 Å². The van der Waals surface area contributed by atoms with Crippen LogP contribution in [0, 0.1) is 0 Å². The first-order chi connectivity index (χ1) is 15.2. The van der Waals surface area contributed by atoms with Gasteiger partial charge in [-0.25, -0.2) is 0 Å². The number of rotatable bonds is 9. The lowest BCUT2D eigenvalue weighted by Gasteiger charge is -2.08. The number of hydrogen-bond acceptors (Lipinski definition) is 4. The highest BCUT2D eigenvalue weighted by molar-refractivity contribution is 5.96. The Morgan fingerprint density at radius 3 is 2.28 bits per heavy atom. The fourth-order valence-electron chi connectivity index (χ4n) is 3.16. The number of nitrogens with two attached hydrogens (primary N) is 1. The predicted molar refractivity (Wildman–Crippen MR) is 117 cm³/mol. The second-order valence-electron chi connectivity index (χ2n) is 6.89. The highest BCUT2D eigenvalue weighted by Gasteiger charge is 2.10. The predicted octanol–water partition coefficient (Wildman–Crippen LogP) is 1.08. The van der Waals surface area contributed by atoms with Crippen LogP contribution in [0.4, 0.5) is 0 Å². The second-order valence-corrected chi connectivity index (χ2v) is 6.89. The lowest BCUT2D eigenvalue weighted by atomic mass is 10.1. The van der Waals surface area contributed by atoms with Crippen LogP contribution in [0.5, 0.6) is 17.2 Å². The summed E-state index contributed by atoms with van der Waals surface area (Å²) in [5.74, 6) is 1.86. The number of aromatic nitrogens is 1. The van der Waals surface area contributed by atoms with Crippen molar-refractivity contribution in [3.8, 4) is 17.2 Å². The van der Waals surface area contributed by atoms with Gasteiger partial charge in [0.15, 0.2) is 6.20 Å². The average molecular weight is 451 g/mol. The second kappa shape index (κ2) is 11.1. The molecule has 0 fully saturated rings. The highest BCUT2D eigenvalue weighted by Crippen LogP contribution is 2.23. The summed E-state index contributed by atoms with van der Waals surface area (Å²) < 4.78 is 19.2.